The molecule has 2 aromatic rings. The van der Waals surface area contributed by atoms with E-state index in [4.69, 9.17) is 20.1 Å². The molecule has 2 bridgehead atoms. The Labute approximate surface area is 150 Å². The van der Waals surface area contributed by atoms with Gasteiger partial charge < -0.3 is 20.2 Å². The maximum atomic E-state index is 12.8. The summed E-state index contributed by atoms with van der Waals surface area (Å²) >= 11 is 0. The lowest BCUT2D eigenvalue weighted by molar-refractivity contribution is -0.140. The lowest BCUT2D eigenvalue weighted by Gasteiger charge is -2.27. The van der Waals surface area contributed by atoms with Crippen LogP contribution in [0.2, 0.25) is 0 Å². The van der Waals surface area contributed by atoms with Crippen LogP contribution in [0, 0.1) is 0 Å². The Bertz CT molecular complexity index is 768. The van der Waals surface area contributed by atoms with Gasteiger partial charge in [-0.2, -0.15) is 5.06 Å². The van der Waals surface area contributed by atoms with Crippen molar-refractivity contribution in [3.63, 3.8) is 0 Å². The summed E-state index contributed by atoms with van der Waals surface area (Å²) in [6.45, 7) is 0.623. The van der Waals surface area contributed by atoms with E-state index in [1.165, 1.54) is 5.06 Å². The number of piperidine rings is 1. The van der Waals surface area contributed by atoms with Crippen molar-refractivity contribution in [2.24, 2.45) is 5.73 Å². The first-order chi connectivity index (χ1) is 12.7. The van der Waals surface area contributed by atoms with Gasteiger partial charge in [-0.3, -0.25) is 4.84 Å². The molecule has 138 valence electrons. The van der Waals surface area contributed by atoms with E-state index < -0.39 is 6.04 Å². The standard InChI is InChI=1S/C17H21N5O4/c18-13(9-23)15-19-20-16(26-15)14-7-6-12-8-21(14)17(24)22(12)25-10-11-4-2-1-3-5-11/h1-5,12-14,23H,6-10,18H2. The van der Waals surface area contributed by atoms with Crippen LogP contribution in [-0.2, 0) is 11.4 Å². The number of hydroxylamine groups is 2. The molecule has 2 aliphatic heterocycles. The van der Waals surface area contributed by atoms with Crippen molar-refractivity contribution >= 4 is 6.03 Å². The Balaban J connectivity index is 1.45. The number of hydrogen-bond donors (Lipinski definition) is 2. The number of urea groups is 1. The third-order valence-electron chi connectivity index (χ3n) is 4.79. The zero-order chi connectivity index (χ0) is 18.1. The minimum Gasteiger partial charge on any atom is -0.421 e. The second kappa shape index (κ2) is 7.02. The van der Waals surface area contributed by atoms with E-state index in [-0.39, 0.29) is 30.6 Å². The molecule has 2 fully saturated rings. The molecule has 3 atom stereocenters. The van der Waals surface area contributed by atoms with E-state index in [0.717, 1.165) is 12.0 Å². The van der Waals surface area contributed by atoms with Crippen LogP contribution < -0.4 is 5.73 Å². The molecule has 2 amide bonds. The largest absolute Gasteiger partial charge is 0.421 e. The number of amides is 2. The van der Waals surface area contributed by atoms with Crippen molar-refractivity contribution in [1.29, 1.82) is 0 Å². The monoisotopic (exact) mass is 359 g/mol. The van der Waals surface area contributed by atoms with Crippen LogP contribution in [-0.4, -0.2) is 50.5 Å². The first kappa shape index (κ1) is 17.0. The molecule has 9 heteroatoms. The van der Waals surface area contributed by atoms with Gasteiger partial charge in [-0.05, 0) is 18.4 Å². The number of aliphatic hydroxyl groups is 1. The first-order valence-corrected chi connectivity index (χ1v) is 8.63. The average molecular weight is 359 g/mol. The molecule has 1 aromatic heterocycles. The number of fused-ring (bicyclic) bond motifs is 2. The molecule has 1 aromatic carbocycles. The van der Waals surface area contributed by atoms with Gasteiger partial charge in [0, 0.05) is 6.54 Å². The van der Waals surface area contributed by atoms with Gasteiger partial charge in [-0.1, -0.05) is 30.3 Å². The molecule has 4 rings (SSSR count). The molecule has 0 spiro atoms. The number of aliphatic hydroxyl groups excluding tert-OH is 1. The normalized spacial score (nSPS) is 23.5. The van der Waals surface area contributed by atoms with Gasteiger partial charge >= 0.3 is 6.03 Å². The van der Waals surface area contributed by atoms with Gasteiger partial charge in [-0.25, -0.2) is 4.79 Å². The number of carbonyl (C=O) groups is 1. The van der Waals surface area contributed by atoms with Crippen LogP contribution in [0.25, 0.3) is 0 Å². The molecule has 2 saturated heterocycles. The van der Waals surface area contributed by atoms with Crippen molar-refractivity contribution in [2.75, 3.05) is 13.2 Å². The van der Waals surface area contributed by atoms with Crippen LogP contribution in [0.4, 0.5) is 4.79 Å². The topological polar surface area (TPSA) is 118 Å². The second-order valence-electron chi connectivity index (χ2n) is 6.53. The van der Waals surface area contributed by atoms with Gasteiger partial charge in [0.05, 0.1) is 12.6 Å². The summed E-state index contributed by atoms with van der Waals surface area (Å²) in [5.41, 5.74) is 6.71. The molecule has 9 nitrogen and oxygen atoms in total. The highest BCUT2D eigenvalue weighted by atomic mass is 16.7. The first-order valence-electron chi connectivity index (χ1n) is 8.63. The number of nitrogens with two attached hydrogens (primary N) is 1. The van der Waals surface area contributed by atoms with E-state index in [0.29, 0.717) is 25.5 Å². The molecule has 0 aliphatic carbocycles. The Hall–Kier alpha value is -2.49. The van der Waals surface area contributed by atoms with Crippen LogP contribution in [0.3, 0.4) is 0 Å². The fourth-order valence-corrected chi connectivity index (χ4v) is 3.38. The highest BCUT2D eigenvalue weighted by Gasteiger charge is 2.47. The van der Waals surface area contributed by atoms with E-state index >= 15 is 0 Å². The number of carbonyl (C=O) groups excluding carboxylic acids is 1. The summed E-state index contributed by atoms with van der Waals surface area (Å²) in [7, 11) is 0. The number of aromatic nitrogens is 2. The molecular formula is C17H21N5O4. The van der Waals surface area contributed by atoms with E-state index in [1.807, 2.05) is 30.3 Å². The fraction of sp³-hybridized carbons (Fsp3) is 0.471. The highest BCUT2D eigenvalue weighted by Crippen LogP contribution is 2.38. The molecular weight excluding hydrogens is 338 g/mol. The smallest absolute Gasteiger partial charge is 0.345 e. The maximum Gasteiger partial charge on any atom is 0.345 e. The highest BCUT2D eigenvalue weighted by molar-refractivity contribution is 5.77. The van der Waals surface area contributed by atoms with Gasteiger partial charge in [0.15, 0.2) is 0 Å². The molecule has 0 saturated carbocycles. The predicted octanol–water partition coefficient (Wildman–Crippen LogP) is 1.13. The van der Waals surface area contributed by atoms with Crippen molar-refractivity contribution < 1.29 is 19.2 Å². The third kappa shape index (κ3) is 3.05. The van der Waals surface area contributed by atoms with Gasteiger partial charge in [0.1, 0.15) is 18.7 Å². The molecule has 3 unspecified atom stereocenters. The molecule has 26 heavy (non-hydrogen) atoms. The Morgan fingerprint density at radius 2 is 2.12 bits per heavy atom. The zero-order valence-corrected chi connectivity index (χ0v) is 14.2. The Morgan fingerprint density at radius 1 is 1.31 bits per heavy atom. The number of nitrogens with zero attached hydrogens (tertiary/aromatic N) is 4. The number of hydrogen-bond acceptors (Lipinski definition) is 7. The minimum absolute atomic E-state index is 0.0181. The van der Waals surface area contributed by atoms with E-state index in [9.17, 15) is 4.79 Å². The Morgan fingerprint density at radius 3 is 2.88 bits per heavy atom. The average Bonchev–Trinajstić information content (AvgIpc) is 3.26. The Kier molecular flexibility index (Phi) is 4.58. The summed E-state index contributed by atoms with van der Waals surface area (Å²) in [6, 6.07) is 8.54. The van der Waals surface area contributed by atoms with Gasteiger partial charge in [-0.15, -0.1) is 10.2 Å². The van der Waals surface area contributed by atoms with Crippen molar-refractivity contribution in [3.8, 4) is 0 Å². The third-order valence-corrected chi connectivity index (χ3v) is 4.79. The minimum atomic E-state index is -0.715. The summed E-state index contributed by atoms with van der Waals surface area (Å²) in [5.74, 6) is 0.522. The molecule has 0 radical (unpaired) electrons. The van der Waals surface area contributed by atoms with E-state index in [1.54, 1.807) is 4.90 Å². The summed E-state index contributed by atoms with van der Waals surface area (Å²) < 4.78 is 5.58. The van der Waals surface area contributed by atoms with Crippen LogP contribution in [0.1, 0.15) is 42.3 Å². The van der Waals surface area contributed by atoms with Gasteiger partial charge in [0.25, 0.3) is 0 Å². The summed E-state index contributed by atoms with van der Waals surface area (Å²) in [6.07, 6.45) is 1.49. The van der Waals surface area contributed by atoms with Crippen LogP contribution >= 0.6 is 0 Å². The molecule has 2 aliphatic rings. The summed E-state index contributed by atoms with van der Waals surface area (Å²) in [5, 5.41) is 18.5. The van der Waals surface area contributed by atoms with Crippen LogP contribution in [0.15, 0.2) is 34.7 Å². The van der Waals surface area contributed by atoms with Crippen molar-refractivity contribution in [1.82, 2.24) is 20.2 Å². The molecule has 3 N–H and O–H groups in total. The number of benzene rings is 1. The lowest BCUT2D eigenvalue weighted by atomic mass is 10.0. The maximum absolute atomic E-state index is 12.8. The van der Waals surface area contributed by atoms with Crippen LogP contribution in [0.5, 0.6) is 0 Å². The zero-order valence-electron chi connectivity index (χ0n) is 14.2. The predicted molar refractivity (Wildman–Crippen MR) is 89.2 cm³/mol. The van der Waals surface area contributed by atoms with E-state index in [2.05, 4.69) is 10.2 Å². The number of rotatable bonds is 6. The second-order valence-corrected chi connectivity index (χ2v) is 6.53. The fourth-order valence-electron chi connectivity index (χ4n) is 3.38. The van der Waals surface area contributed by atoms with Crippen molar-refractivity contribution in [2.45, 2.75) is 37.6 Å². The molecule has 3 heterocycles. The lowest BCUT2D eigenvalue weighted by Crippen LogP contribution is -2.34. The van der Waals surface area contributed by atoms with Crippen molar-refractivity contribution in [3.05, 3.63) is 47.7 Å². The SMILES string of the molecule is NC(CO)c1nnc(C2CCC3CN2C(=O)N3OCc2ccccc2)o1. The summed E-state index contributed by atoms with van der Waals surface area (Å²) in [4.78, 5) is 20.2. The van der Waals surface area contributed by atoms with Gasteiger partial charge in [0.2, 0.25) is 11.8 Å². The quantitative estimate of drug-likeness (QED) is 0.794.